The highest BCUT2D eigenvalue weighted by Gasteiger charge is 2.22. The molecule has 0 radical (unpaired) electrons. The molecule has 106 valence electrons. The number of carboxylic acids is 1. The van der Waals surface area contributed by atoms with Gasteiger partial charge in [-0.2, -0.15) is 0 Å². The van der Waals surface area contributed by atoms with Gasteiger partial charge in [-0.15, -0.1) is 11.3 Å². The van der Waals surface area contributed by atoms with E-state index in [-0.39, 0.29) is 5.69 Å². The Balaban J connectivity index is 2.11. The van der Waals surface area contributed by atoms with Crippen molar-refractivity contribution in [2.75, 3.05) is 13.1 Å². The zero-order chi connectivity index (χ0) is 13.8. The second-order valence-electron chi connectivity index (χ2n) is 5.42. The molecule has 0 aliphatic carbocycles. The fourth-order valence-electron chi connectivity index (χ4n) is 2.63. The Labute approximate surface area is 118 Å². The number of nitrogens with zero attached hydrogens (tertiary/aromatic N) is 2. The van der Waals surface area contributed by atoms with E-state index in [1.54, 1.807) is 11.3 Å². The molecule has 1 fully saturated rings. The van der Waals surface area contributed by atoms with Gasteiger partial charge in [-0.1, -0.05) is 13.8 Å². The van der Waals surface area contributed by atoms with Crippen LogP contribution in [-0.2, 0) is 13.0 Å². The van der Waals surface area contributed by atoms with E-state index in [0.29, 0.717) is 5.92 Å². The first-order chi connectivity index (χ1) is 9.10. The number of aromatic carboxylic acids is 1. The molecule has 19 heavy (non-hydrogen) atoms. The lowest BCUT2D eigenvalue weighted by Crippen LogP contribution is -2.33. The molecule has 0 saturated carbocycles. The van der Waals surface area contributed by atoms with Crippen LogP contribution in [0.25, 0.3) is 0 Å². The molecule has 1 saturated heterocycles. The normalized spacial score (nSPS) is 20.6. The van der Waals surface area contributed by atoms with Crippen molar-refractivity contribution < 1.29 is 9.90 Å². The van der Waals surface area contributed by atoms with E-state index < -0.39 is 5.97 Å². The number of likely N-dealkylation sites (tertiary alicyclic amines) is 1. The molecule has 1 aliphatic heterocycles. The average molecular weight is 282 g/mol. The molecule has 1 aliphatic rings. The third-order valence-corrected chi connectivity index (χ3v) is 4.62. The monoisotopic (exact) mass is 282 g/mol. The van der Waals surface area contributed by atoms with Crippen molar-refractivity contribution >= 4 is 17.3 Å². The van der Waals surface area contributed by atoms with Gasteiger partial charge >= 0.3 is 5.97 Å². The van der Waals surface area contributed by atoms with Crippen molar-refractivity contribution in [1.82, 2.24) is 9.88 Å². The molecule has 0 amide bonds. The first-order valence-corrected chi connectivity index (χ1v) is 7.86. The van der Waals surface area contributed by atoms with Crippen LogP contribution in [0.3, 0.4) is 0 Å². The van der Waals surface area contributed by atoms with Gasteiger partial charge in [-0.05, 0) is 38.1 Å². The van der Waals surface area contributed by atoms with E-state index >= 15 is 0 Å². The summed E-state index contributed by atoms with van der Waals surface area (Å²) in [5.74, 6) is -0.177. The maximum atomic E-state index is 11.3. The molecule has 0 spiro atoms. The van der Waals surface area contributed by atoms with Gasteiger partial charge in [0.25, 0.3) is 0 Å². The summed E-state index contributed by atoms with van der Waals surface area (Å²) in [6, 6.07) is 0. The van der Waals surface area contributed by atoms with Crippen molar-refractivity contribution in [1.29, 1.82) is 0 Å². The van der Waals surface area contributed by atoms with E-state index in [9.17, 15) is 9.90 Å². The van der Waals surface area contributed by atoms with Gasteiger partial charge in [0.1, 0.15) is 0 Å². The Morgan fingerprint density at radius 3 is 3.00 bits per heavy atom. The maximum Gasteiger partial charge on any atom is 0.355 e. The fourth-order valence-corrected chi connectivity index (χ4v) is 3.83. The van der Waals surface area contributed by atoms with E-state index in [4.69, 9.17) is 0 Å². The first-order valence-electron chi connectivity index (χ1n) is 7.04. The van der Waals surface area contributed by atoms with Crippen molar-refractivity contribution in [3.05, 3.63) is 15.6 Å². The van der Waals surface area contributed by atoms with Gasteiger partial charge in [-0.25, -0.2) is 9.78 Å². The quantitative estimate of drug-likeness (QED) is 0.902. The third kappa shape index (κ3) is 3.76. The second kappa shape index (κ2) is 6.48. The highest BCUT2D eigenvalue weighted by molar-refractivity contribution is 7.11. The summed E-state index contributed by atoms with van der Waals surface area (Å²) in [6.45, 7) is 7.24. The molecular formula is C14H22N2O2S. The molecule has 1 N–H and O–H groups in total. The van der Waals surface area contributed by atoms with Crippen LogP contribution < -0.4 is 0 Å². The summed E-state index contributed by atoms with van der Waals surface area (Å²) in [4.78, 5) is 18.8. The third-order valence-electron chi connectivity index (χ3n) is 3.52. The van der Waals surface area contributed by atoms with Crippen molar-refractivity contribution in [2.45, 2.75) is 46.1 Å². The molecule has 1 aromatic rings. The van der Waals surface area contributed by atoms with Gasteiger partial charge < -0.3 is 5.11 Å². The molecule has 1 atom stereocenters. The zero-order valence-corrected chi connectivity index (χ0v) is 12.5. The van der Waals surface area contributed by atoms with Gasteiger partial charge in [0, 0.05) is 13.1 Å². The van der Waals surface area contributed by atoms with Crippen LogP contribution in [0.2, 0.25) is 0 Å². The lowest BCUT2D eigenvalue weighted by atomic mass is 10.0. The molecule has 0 bridgehead atoms. The number of hydrogen-bond donors (Lipinski definition) is 1. The number of hydrogen-bond acceptors (Lipinski definition) is 4. The predicted octanol–water partition coefficient (Wildman–Crippen LogP) is 3.03. The Morgan fingerprint density at radius 1 is 1.58 bits per heavy atom. The van der Waals surface area contributed by atoms with Gasteiger partial charge in [-0.3, -0.25) is 4.90 Å². The van der Waals surface area contributed by atoms with Crippen molar-refractivity contribution in [3.63, 3.8) is 0 Å². The molecule has 1 aromatic heterocycles. The Hall–Kier alpha value is -0.940. The summed E-state index contributed by atoms with van der Waals surface area (Å²) in [6.07, 6.45) is 4.38. The molecule has 2 rings (SSSR count). The summed E-state index contributed by atoms with van der Waals surface area (Å²) >= 11 is 1.57. The summed E-state index contributed by atoms with van der Waals surface area (Å²) in [5.41, 5.74) is 0.270. The summed E-state index contributed by atoms with van der Waals surface area (Å²) < 4.78 is 0. The maximum absolute atomic E-state index is 11.3. The number of aryl methyl sites for hydroxylation is 1. The molecule has 0 aromatic carbocycles. The molecule has 1 unspecified atom stereocenters. The Bertz CT molecular complexity index is 445. The van der Waals surface area contributed by atoms with E-state index in [1.165, 1.54) is 12.8 Å². The highest BCUT2D eigenvalue weighted by Crippen LogP contribution is 2.24. The van der Waals surface area contributed by atoms with Gasteiger partial charge in [0.05, 0.1) is 9.88 Å². The summed E-state index contributed by atoms with van der Waals surface area (Å²) in [7, 11) is 0. The van der Waals surface area contributed by atoms with E-state index in [1.807, 2.05) is 0 Å². The van der Waals surface area contributed by atoms with Gasteiger partial charge in [0.2, 0.25) is 0 Å². The van der Waals surface area contributed by atoms with Crippen LogP contribution in [-0.4, -0.2) is 34.0 Å². The number of aromatic nitrogens is 1. The summed E-state index contributed by atoms with van der Waals surface area (Å²) in [5, 5.41) is 10.2. The first kappa shape index (κ1) is 14.5. The lowest BCUT2D eigenvalue weighted by molar-refractivity contribution is 0.0688. The smallest absolute Gasteiger partial charge is 0.355 e. The lowest BCUT2D eigenvalue weighted by Gasteiger charge is -2.30. The molecule has 2 heterocycles. The predicted molar refractivity (Wildman–Crippen MR) is 76.7 cm³/mol. The topological polar surface area (TPSA) is 53.4 Å². The number of carboxylic acid groups (broad SMARTS) is 1. The average Bonchev–Trinajstić information content (AvgIpc) is 2.73. The minimum absolute atomic E-state index is 0.270. The highest BCUT2D eigenvalue weighted by atomic mass is 32.1. The number of piperidine rings is 1. The van der Waals surface area contributed by atoms with E-state index in [0.717, 1.165) is 42.4 Å². The largest absolute Gasteiger partial charge is 0.476 e. The van der Waals surface area contributed by atoms with Gasteiger partial charge in [0.15, 0.2) is 5.69 Å². The van der Waals surface area contributed by atoms with Crippen LogP contribution in [0.15, 0.2) is 0 Å². The van der Waals surface area contributed by atoms with Crippen molar-refractivity contribution in [2.24, 2.45) is 5.92 Å². The molecule has 4 nitrogen and oxygen atoms in total. The fraction of sp³-hybridized carbons (Fsp3) is 0.714. The number of rotatable bonds is 5. The Morgan fingerprint density at radius 2 is 2.37 bits per heavy atom. The minimum Gasteiger partial charge on any atom is -0.476 e. The van der Waals surface area contributed by atoms with E-state index in [2.05, 4.69) is 23.7 Å². The standard InChI is InChI=1S/C14H22N2O2S/c1-3-5-12-15-13(14(17)18)11(19-12)9-16-7-4-6-10(2)8-16/h10H,3-9H2,1-2H3,(H,17,18). The minimum atomic E-state index is -0.890. The van der Waals surface area contributed by atoms with Crippen molar-refractivity contribution in [3.8, 4) is 0 Å². The molecular weight excluding hydrogens is 260 g/mol. The van der Waals surface area contributed by atoms with Crippen LogP contribution in [0, 0.1) is 5.92 Å². The second-order valence-corrected chi connectivity index (χ2v) is 6.59. The molecule has 5 heteroatoms. The van der Waals surface area contributed by atoms with Crippen LogP contribution >= 0.6 is 11.3 Å². The van der Waals surface area contributed by atoms with Crippen LogP contribution in [0.4, 0.5) is 0 Å². The van der Waals surface area contributed by atoms with Crippen LogP contribution in [0.5, 0.6) is 0 Å². The zero-order valence-electron chi connectivity index (χ0n) is 11.7. The SMILES string of the molecule is CCCc1nc(C(=O)O)c(CN2CCCC(C)C2)s1. The number of carbonyl (C=O) groups is 1. The number of thiazole rings is 1. The van der Waals surface area contributed by atoms with Crippen LogP contribution in [0.1, 0.15) is 53.5 Å². The Kier molecular flexibility index (Phi) is 4.93.